The van der Waals surface area contributed by atoms with E-state index in [1.165, 1.54) is 18.4 Å². The smallest absolute Gasteiger partial charge is 0.0590 e. The van der Waals surface area contributed by atoms with E-state index in [0.717, 1.165) is 19.1 Å². The number of pyridine rings is 1. The van der Waals surface area contributed by atoms with Crippen LogP contribution >= 0.6 is 0 Å². The van der Waals surface area contributed by atoms with Crippen molar-refractivity contribution in [3.05, 3.63) is 30.1 Å². The first-order valence-corrected chi connectivity index (χ1v) is 7.12. The van der Waals surface area contributed by atoms with Crippen LogP contribution in [-0.2, 0) is 4.74 Å². The fourth-order valence-electron chi connectivity index (χ4n) is 2.74. The molecular weight excluding hydrogens is 238 g/mol. The third-order valence-electron chi connectivity index (χ3n) is 4.10. The van der Waals surface area contributed by atoms with Gasteiger partial charge < -0.3 is 10.5 Å². The molecule has 0 aliphatic heterocycles. The first kappa shape index (κ1) is 14.4. The number of nitrogens with two attached hydrogens (primary N) is 1. The third-order valence-corrected chi connectivity index (χ3v) is 4.10. The Morgan fingerprint density at radius 1 is 1.42 bits per heavy atom. The Labute approximate surface area is 116 Å². The van der Waals surface area contributed by atoms with Crippen molar-refractivity contribution in [2.24, 2.45) is 11.7 Å². The van der Waals surface area contributed by atoms with Gasteiger partial charge in [-0.2, -0.15) is 0 Å². The van der Waals surface area contributed by atoms with Crippen molar-refractivity contribution in [3.63, 3.8) is 0 Å². The van der Waals surface area contributed by atoms with Crippen LogP contribution in [0.2, 0.25) is 0 Å². The minimum Gasteiger partial charge on any atom is -0.383 e. The molecule has 0 amide bonds. The molecule has 1 aromatic heterocycles. The quantitative estimate of drug-likeness (QED) is 0.777. The predicted molar refractivity (Wildman–Crippen MR) is 76.8 cm³/mol. The molecule has 1 aromatic rings. The van der Waals surface area contributed by atoms with Gasteiger partial charge in [0.1, 0.15) is 0 Å². The normalized spacial score (nSPS) is 18.5. The Bertz CT molecular complexity index is 367. The molecule has 4 heteroatoms. The van der Waals surface area contributed by atoms with E-state index in [-0.39, 0.29) is 6.04 Å². The average molecular weight is 263 g/mol. The summed E-state index contributed by atoms with van der Waals surface area (Å²) < 4.78 is 5.26. The van der Waals surface area contributed by atoms with Crippen LogP contribution < -0.4 is 5.73 Å². The molecule has 2 unspecified atom stereocenters. The van der Waals surface area contributed by atoms with Crippen LogP contribution in [0.3, 0.4) is 0 Å². The predicted octanol–water partition coefficient (Wildman–Crippen LogP) is 1.83. The number of aromatic nitrogens is 1. The summed E-state index contributed by atoms with van der Waals surface area (Å²) >= 11 is 0. The highest BCUT2D eigenvalue weighted by atomic mass is 16.5. The fraction of sp³-hybridized carbons (Fsp3) is 0.667. The van der Waals surface area contributed by atoms with Gasteiger partial charge in [0, 0.05) is 44.7 Å². The summed E-state index contributed by atoms with van der Waals surface area (Å²) in [6.07, 6.45) is 6.37. The van der Waals surface area contributed by atoms with E-state index >= 15 is 0 Å². The molecule has 0 spiro atoms. The van der Waals surface area contributed by atoms with Gasteiger partial charge in [0.15, 0.2) is 0 Å². The van der Waals surface area contributed by atoms with Gasteiger partial charge in [0.05, 0.1) is 6.61 Å². The Morgan fingerprint density at radius 2 is 2.11 bits per heavy atom. The first-order valence-electron chi connectivity index (χ1n) is 7.12. The Kier molecular flexibility index (Phi) is 5.31. The standard InChI is InChI=1S/C15H25N3O/c1-12(13-3-4-13)18(9-10-19-2)15(11-16)14-5-7-17-8-6-14/h5-8,12-13,15H,3-4,9-11,16H2,1-2H3. The van der Waals surface area contributed by atoms with E-state index in [9.17, 15) is 0 Å². The van der Waals surface area contributed by atoms with Gasteiger partial charge in [-0.25, -0.2) is 0 Å². The van der Waals surface area contributed by atoms with Crippen LogP contribution in [0.1, 0.15) is 31.4 Å². The lowest BCUT2D eigenvalue weighted by atomic mass is 10.0. The van der Waals surface area contributed by atoms with E-state index in [1.54, 1.807) is 7.11 Å². The lowest BCUT2D eigenvalue weighted by molar-refractivity contribution is 0.0834. The second-order valence-corrected chi connectivity index (χ2v) is 5.34. The van der Waals surface area contributed by atoms with Crippen molar-refractivity contribution >= 4 is 0 Å². The van der Waals surface area contributed by atoms with Crippen molar-refractivity contribution in [1.29, 1.82) is 0 Å². The summed E-state index contributed by atoms with van der Waals surface area (Å²) in [7, 11) is 1.75. The number of hydrogen-bond donors (Lipinski definition) is 1. The zero-order valence-electron chi connectivity index (χ0n) is 12.0. The number of rotatable bonds is 8. The topological polar surface area (TPSA) is 51.4 Å². The maximum atomic E-state index is 6.03. The van der Waals surface area contributed by atoms with Crippen molar-refractivity contribution in [3.8, 4) is 0 Å². The van der Waals surface area contributed by atoms with E-state index in [4.69, 9.17) is 10.5 Å². The fourth-order valence-corrected chi connectivity index (χ4v) is 2.74. The van der Waals surface area contributed by atoms with Gasteiger partial charge in [0.25, 0.3) is 0 Å². The average Bonchev–Trinajstić information content (AvgIpc) is 3.28. The zero-order valence-corrected chi connectivity index (χ0v) is 12.0. The molecule has 1 heterocycles. The highest BCUT2D eigenvalue weighted by Crippen LogP contribution is 2.37. The van der Waals surface area contributed by atoms with E-state index in [0.29, 0.717) is 12.6 Å². The summed E-state index contributed by atoms with van der Waals surface area (Å²) in [5, 5.41) is 0. The molecule has 1 aliphatic rings. The first-order chi connectivity index (χ1) is 9.27. The third kappa shape index (κ3) is 3.75. The van der Waals surface area contributed by atoms with Gasteiger partial charge >= 0.3 is 0 Å². The Morgan fingerprint density at radius 3 is 2.63 bits per heavy atom. The number of nitrogens with zero attached hydrogens (tertiary/aromatic N) is 2. The summed E-state index contributed by atoms with van der Waals surface area (Å²) in [5.41, 5.74) is 7.28. The lowest BCUT2D eigenvalue weighted by Gasteiger charge is -2.36. The van der Waals surface area contributed by atoms with E-state index in [2.05, 4.69) is 28.9 Å². The molecule has 4 nitrogen and oxygen atoms in total. The second-order valence-electron chi connectivity index (χ2n) is 5.34. The molecule has 2 rings (SSSR count). The SMILES string of the molecule is COCCN(C(CN)c1ccncc1)C(C)C1CC1. The van der Waals surface area contributed by atoms with Crippen molar-refractivity contribution in [2.75, 3.05) is 26.8 Å². The van der Waals surface area contributed by atoms with Gasteiger partial charge in [-0.3, -0.25) is 9.88 Å². The van der Waals surface area contributed by atoms with E-state index in [1.807, 2.05) is 12.4 Å². The van der Waals surface area contributed by atoms with Crippen molar-refractivity contribution in [1.82, 2.24) is 9.88 Å². The molecular formula is C15H25N3O. The molecule has 0 bridgehead atoms. The van der Waals surface area contributed by atoms with Crippen molar-refractivity contribution < 1.29 is 4.74 Å². The van der Waals surface area contributed by atoms with Gasteiger partial charge in [-0.1, -0.05) is 0 Å². The van der Waals surface area contributed by atoms with Crippen molar-refractivity contribution in [2.45, 2.75) is 31.8 Å². The molecule has 1 saturated carbocycles. The Hall–Kier alpha value is -0.970. The van der Waals surface area contributed by atoms with Crippen LogP contribution in [0.4, 0.5) is 0 Å². The highest BCUT2D eigenvalue weighted by Gasteiger charge is 2.35. The van der Waals surface area contributed by atoms with Crippen LogP contribution in [0.5, 0.6) is 0 Å². The van der Waals surface area contributed by atoms with E-state index < -0.39 is 0 Å². The van der Waals surface area contributed by atoms with Gasteiger partial charge in [-0.05, 0) is 43.4 Å². The summed E-state index contributed by atoms with van der Waals surface area (Å²) in [4.78, 5) is 6.59. The Balaban J connectivity index is 2.13. The van der Waals surface area contributed by atoms with Crippen LogP contribution in [0.15, 0.2) is 24.5 Å². The number of ether oxygens (including phenoxy) is 1. The number of methoxy groups -OCH3 is 1. The zero-order chi connectivity index (χ0) is 13.7. The molecule has 106 valence electrons. The molecule has 1 aliphatic carbocycles. The minimum absolute atomic E-state index is 0.258. The summed E-state index contributed by atoms with van der Waals surface area (Å²) in [5.74, 6) is 0.827. The largest absolute Gasteiger partial charge is 0.383 e. The van der Waals surface area contributed by atoms with Gasteiger partial charge in [0.2, 0.25) is 0 Å². The maximum absolute atomic E-state index is 6.03. The number of hydrogen-bond acceptors (Lipinski definition) is 4. The van der Waals surface area contributed by atoms with Crippen LogP contribution in [0.25, 0.3) is 0 Å². The highest BCUT2D eigenvalue weighted by molar-refractivity contribution is 5.16. The van der Waals surface area contributed by atoms with Crippen LogP contribution in [-0.4, -0.2) is 42.7 Å². The second kappa shape index (κ2) is 6.98. The summed E-state index contributed by atoms with van der Waals surface area (Å²) in [6, 6.07) is 4.96. The molecule has 0 aromatic carbocycles. The molecule has 0 saturated heterocycles. The molecule has 19 heavy (non-hydrogen) atoms. The molecule has 2 atom stereocenters. The van der Waals surface area contributed by atoms with Crippen LogP contribution in [0, 0.1) is 5.92 Å². The summed E-state index contributed by atoms with van der Waals surface area (Å²) in [6.45, 7) is 4.62. The molecule has 2 N–H and O–H groups in total. The molecule has 0 radical (unpaired) electrons. The monoisotopic (exact) mass is 263 g/mol. The maximum Gasteiger partial charge on any atom is 0.0590 e. The lowest BCUT2D eigenvalue weighted by Crippen LogP contribution is -2.43. The minimum atomic E-state index is 0.258. The molecule has 1 fully saturated rings. The van der Waals surface area contributed by atoms with Gasteiger partial charge in [-0.15, -0.1) is 0 Å².